The van der Waals surface area contributed by atoms with E-state index in [1.165, 1.54) is 11.0 Å². The molecule has 0 saturated carbocycles. The van der Waals surface area contributed by atoms with Gasteiger partial charge in [-0.15, -0.1) is 0 Å². The lowest BCUT2D eigenvalue weighted by molar-refractivity contribution is -0.122. The minimum atomic E-state index is -0.539. The van der Waals surface area contributed by atoms with E-state index in [1.807, 2.05) is 39.8 Å². The maximum absolute atomic E-state index is 13.2. The van der Waals surface area contributed by atoms with Crippen molar-refractivity contribution < 1.29 is 14.3 Å². The summed E-state index contributed by atoms with van der Waals surface area (Å²) >= 11 is 11.6. The second kappa shape index (κ2) is 8.98. The summed E-state index contributed by atoms with van der Waals surface area (Å²) < 4.78 is 5.77. The van der Waals surface area contributed by atoms with E-state index in [0.29, 0.717) is 22.0 Å². The van der Waals surface area contributed by atoms with E-state index in [0.717, 1.165) is 17.5 Å². The van der Waals surface area contributed by atoms with Gasteiger partial charge in [0.15, 0.2) is 5.11 Å². The molecule has 0 unspecified atom stereocenters. The number of rotatable bonds is 5. The molecule has 1 saturated heterocycles. The Morgan fingerprint density at radius 2 is 1.97 bits per heavy atom. The summed E-state index contributed by atoms with van der Waals surface area (Å²) in [5.41, 5.74) is 3.18. The number of nitrogens with one attached hydrogen (secondary N) is 1. The fraction of sp³-hybridized carbons (Fsp3) is 0.261. The summed E-state index contributed by atoms with van der Waals surface area (Å²) in [5, 5.41) is 3.08. The minimum Gasteiger partial charge on any atom is -0.489 e. The van der Waals surface area contributed by atoms with E-state index < -0.39 is 11.8 Å². The number of carbonyl (C=O) groups excluding carboxylic acids is 2. The number of thiocarbonyl (C=S) groups is 1. The molecule has 0 radical (unpaired) electrons. The Balaban J connectivity index is 1.97. The van der Waals surface area contributed by atoms with Crippen LogP contribution in [0.15, 0.2) is 42.0 Å². The molecule has 7 heteroatoms. The second-order valence-electron chi connectivity index (χ2n) is 7.20. The molecule has 2 aromatic rings. The molecule has 0 spiro atoms. The third kappa shape index (κ3) is 4.40. The van der Waals surface area contributed by atoms with Crippen molar-refractivity contribution >= 4 is 52.5 Å². The number of halogens is 1. The molecule has 1 N–H and O–H groups in total. The molecule has 0 aromatic heterocycles. The second-order valence-corrected chi connectivity index (χ2v) is 8.00. The van der Waals surface area contributed by atoms with Crippen LogP contribution in [0.4, 0.5) is 5.69 Å². The predicted octanol–water partition coefficient (Wildman–Crippen LogP) is 4.97. The van der Waals surface area contributed by atoms with Crippen molar-refractivity contribution in [2.24, 2.45) is 0 Å². The van der Waals surface area contributed by atoms with Crippen LogP contribution in [-0.4, -0.2) is 23.0 Å². The average Bonchev–Trinajstić information content (AvgIpc) is 2.70. The van der Waals surface area contributed by atoms with Gasteiger partial charge in [0, 0.05) is 0 Å². The lowest BCUT2D eigenvalue weighted by atomic mass is 10.0. The van der Waals surface area contributed by atoms with Gasteiger partial charge in [-0.05, 0) is 80.4 Å². The Hall–Kier alpha value is -2.70. The van der Waals surface area contributed by atoms with Gasteiger partial charge in [-0.3, -0.25) is 19.8 Å². The van der Waals surface area contributed by atoms with E-state index >= 15 is 0 Å². The summed E-state index contributed by atoms with van der Waals surface area (Å²) in [4.78, 5) is 27.1. The molecule has 30 heavy (non-hydrogen) atoms. The predicted molar refractivity (Wildman–Crippen MR) is 124 cm³/mol. The normalized spacial score (nSPS) is 16.6. The van der Waals surface area contributed by atoms with Crippen LogP contribution in [0.1, 0.15) is 37.0 Å². The number of hydrogen-bond donors (Lipinski definition) is 1. The molecule has 0 bridgehead atoms. The SMILES string of the molecule is CC[C@@H](C)Oc1ccc(/C=C2\C(=O)NC(=S)N(c3cccc(C)c3C)C2=O)cc1Cl. The number of ether oxygens (including phenoxy) is 1. The quantitative estimate of drug-likeness (QED) is 0.403. The molecule has 156 valence electrons. The molecule has 2 amide bonds. The maximum Gasteiger partial charge on any atom is 0.270 e. The zero-order valence-electron chi connectivity index (χ0n) is 17.3. The van der Waals surface area contributed by atoms with E-state index in [-0.39, 0.29) is 16.8 Å². The van der Waals surface area contributed by atoms with Gasteiger partial charge in [0.2, 0.25) is 0 Å². The number of amides is 2. The molecule has 1 aliphatic rings. The molecular weight excluding hydrogens is 420 g/mol. The first-order chi connectivity index (χ1) is 14.2. The third-order valence-corrected chi connectivity index (χ3v) is 5.67. The number of nitrogens with zero attached hydrogens (tertiary/aromatic N) is 1. The summed E-state index contributed by atoms with van der Waals surface area (Å²) in [5.74, 6) is -0.457. The van der Waals surface area contributed by atoms with Crippen LogP contribution in [0.2, 0.25) is 5.02 Å². The topological polar surface area (TPSA) is 58.6 Å². The van der Waals surface area contributed by atoms with Gasteiger partial charge in [-0.2, -0.15) is 0 Å². The molecule has 2 aromatic carbocycles. The Bertz CT molecular complexity index is 1060. The summed E-state index contributed by atoms with van der Waals surface area (Å²) in [6.07, 6.45) is 2.39. The number of benzene rings is 2. The fourth-order valence-electron chi connectivity index (χ4n) is 3.02. The fourth-order valence-corrected chi connectivity index (χ4v) is 3.53. The van der Waals surface area contributed by atoms with Crippen molar-refractivity contribution in [1.29, 1.82) is 0 Å². The first-order valence-electron chi connectivity index (χ1n) is 9.66. The standard InChI is InChI=1S/C23H23ClN2O3S/c1-5-14(3)29-20-10-9-16(12-18(20)24)11-17-21(27)25-23(30)26(22(17)28)19-8-6-7-13(2)15(19)4/h6-12,14H,5H2,1-4H3,(H,25,27,30)/b17-11+/t14-/m1/s1. The van der Waals surface area contributed by atoms with E-state index in [9.17, 15) is 9.59 Å². The molecule has 5 nitrogen and oxygen atoms in total. The van der Waals surface area contributed by atoms with Crippen molar-refractivity contribution in [2.75, 3.05) is 4.90 Å². The summed E-state index contributed by atoms with van der Waals surface area (Å²) in [7, 11) is 0. The Labute approximate surface area is 186 Å². The minimum absolute atomic E-state index is 0.0174. The highest BCUT2D eigenvalue weighted by atomic mass is 35.5. The molecular formula is C23H23ClN2O3S. The lowest BCUT2D eigenvalue weighted by Crippen LogP contribution is -2.54. The van der Waals surface area contributed by atoms with Crippen LogP contribution in [0.3, 0.4) is 0 Å². The number of hydrogen-bond acceptors (Lipinski definition) is 4. The molecule has 1 fully saturated rings. The van der Waals surface area contributed by atoms with Crippen LogP contribution >= 0.6 is 23.8 Å². The smallest absolute Gasteiger partial charge is 0.270 e. The molecule has 0 aliphatic carbocycles. The van der Waals surface area contributed by atoms with E-state index in [1.54, 1.807) is 24.3 Å². The highest BCUT2D eigenvalue weighted by Crippen LogP contribution is 2.30. The highest BCUT2D eigenvalue weighted by Gasteiger charge is 2.35. The monoisotopic (exact) mass is 442 g/mol. The molecule has 3 rings (SSSR count). The van der Waals surface area contributed by atoms with Gasteiger partial charge < -0.3 is 4.74 Å². The van der Waals surface area contributed by atoms with Crippen LogP contribution in [0.5, 0.6) is 5.75 Å². The lowest BCUT2D eigenvalue weighted by Gasteiger charge is -2.30. The maximum atomic E-state index is 13.2. The summed E-state index contributed by atoms with van der Waals surface area (Å²) in [6, 6.07) is 10.8. The van der Waals surface area contributed by atoms with Gasteiger partial charge in [0.25, 0.3) is 11.8 Å². The van der Waals surface area contributed by atoms with Crippen molar-refractivity contribution in [1.82, 2.24) is 5.32 Å². The van der Waals surface area contributed by atoms with Crippen LogP contribution < -0.4 is 15.0 Å². The van der Waals surface area contributed by atoms with Crippen molar-refractivity contribution in [3.8, 4) is 5.75 Å². The number of carbonyl (C=O) groups is 2. The molecule has 1 atom stereocenters. The summed E-state index contributed by atoms with van der Waals surface area (Å²) in [6.45, 7) is 7.85. The van der Waals surface area contributed by atoms with E-state index in [4.69, 9.17) is 28.6 Å². The van der Waals surface area contributed by atoms with Gasteiger partial charge in [0.05, 0.1) is 16.8 Å². The average molecular weight is 443 g/mol. The molecule has 1 heterocycles. The third-order valence-electron chi connectivity index (χ3n) is 5.09. The zero-order valence-corrected chi connectivity index (χ0v) is 18.9. The first kappa shape index (κ1) is 22.0. The molecule has 1 aliphatic heterocycles. The Morgan fingerprint density at radius 1 is 1.23 bits per heavy atom. The van der Waals surface area contributed by atoms with E-state index in [2.05, 4.69) is 5.32 Å². The van der Waals surface area contributed by atoms with Gasteiger partial charge in [0.1, 0.15) is 11.3 Å². The zero-order chi connectivity index (χ0) is 22.0. The van der Waals surface area contributed by atoms with Crippen LogP contribution in [0, 0.1) is 13.8 Å². The van der Waals surface area contributed by atoms with Crippen molar-refractivity contribution in [2.45, 2.75) is 40.2 Å². The Kier molecular flexibility index (Phi) is 6.58. The number of anilines is 1. The van der Waals surface area contributed by atoms with Crippen LogP contribution in [-0.2, 0) is 9.59 Å². The highest BCUT2D eigenvalue weighted by molar-refractivity contribution is 7.80. The first-order valence-corrected chi connectivity index (χ1v) is 10.5. The van der Waals surface area contributed by atoms with Gasteiger partial charge in [-0.1, -0.05) is 36.7 Å². The van der Waals surface area contributed by atoms with Gasteiger partial charge in [-0.25, -0.2) is 0 Å². The van der Waals surface area contributed by atoms with Crippen molar-refractivity contribution in [3.63, 3.8) is 0 Å². The van der Waals surface area contributed by atoms with Crippen LogP contribution in [0.25, 0.3) is 6.08 Å². The van der Waals surface area contributed by atoms with Crippen molar-refractivity contribution in [3.05, 3.63) is 63.7 Å². The Morgan fingerprint density at radius 3 is 2.63 bits per heavy atom. The van der Waals surface area contributed by atoms with Gasteiger partial charge >= 0.3 is 0 Å². The number of aryl methyl sites for hydroxylation is 1. The largest absolute Gasteiger partial charge is 0.489 e.